The number of hydrogen-bond donors (Lipinski definition) is 1. The number of hydrogen-bond acceptors (Lipinski definition) is 2. The monoisotopic (exact) mass is 322 g/mol. The summed E-state index contributed by atoms with van der Waals surface area (Å²) in [6.45, 7) is 0. The van der Waals surface area contributed by atoms with E-state index in [1.54, 1.807) is 12.1 Å². The molecule has 2 aromatic heterocycles. The molecule has 14 heavy (non-hydrogen) atoms. The maximum Gasteiger partial charge on any atom is 0.416 e. The van der Waals surface area contributed by atoms with E-state index in [0.717, 1.165) is 5.39 Å². The van der Waals surface area contributed by atoms with Gasteiger partial charge in [-0.15, -0.1) is 0 Å². The maximum atomic E-state index is 10.9. The molecule has 0 unspecified atom stereocenters. The van der Waals surface area contributed by atoms with Crippen LogP contribution in [0.1, 0.15) is 0 Å². The van der Waals surface area contributed by atoms with Gasteiger partial charge in [0.05, 0.1) is 15.4 Å². The largest absolute Gasteiger partial charge is 0.464 e. The zero-order chi connectivity index (χ0) is 10.3. The van der Waals surface area contributed by atoms with Crippen molar-refractivity contribution in [1.82, 2.24) is 9.55 Å². The van der Waals surface area contributed by atoms with Gasteiger partial charge in [0.1, 0.15) is 5.15 Å². The summed E-state index contributed by atoms with van der Waals surface area (Å²) in [6.07, 6.45) is 0.432. The highest BCUT2D eigenvalue weighted by molar-refractivity contribution is 14.1. The second kappa shape index (κ2) is 3.39. The second-order valence-electron chi connectivity index (χ2n) is 2.65. The van der Waals surface area contributed by atoms with Crippen LogP contribution in [0.2, 0.25) is 5.15 Å². The Morgan fingerprint density at radius 2 is 2.29 bits per heavy atom. The molecule has 0 radical (unpaired) electrons. The SMILES string of the molecule is O=C(O)n1c(I)cc2cc(Cl)ncc21. The molecule has 0 saturated carbocycles. The minimum absolute atomic E-state index is 0.358. The number of halogens is 2. The molecule has 1 N–H and O–H groups in total. The predicted octanol–water partition coefficient (Wildman–Crippen LogP) is 2.82. The van der Waals surface area contributed by atoms with Crippen LogP contribution in [-0.4, -0.2) is 20.8 Å². The molecular formula is C8H4ClIN2O2. The van der Waals surface area contributed by atoms with E-state index in [0.29, 0.717) is 14.4 Å². The lowest BCUT2D eigenvalue weighted by Gasteiger charge is -1.98. The molecule has 0 aliphatic heterocycles. The maximum absolute atomic E-state index is 10.9. The molecule has 2 heterocycles. The summed E-state index contributed by atoms with van der Waals surface area (Å²) < 4.78 is 1.79. The van der Waals surface area contributed by atoms with Gasteiger partial charge < -0.3 is 5.11 Å². The van der Waals surface area contributed by atoms with Gasteiger partial charge in [-0.2, -0.15) is 0 Å². The summed E-state index contributed by atoms with van der Waals surface area (Å²) in [4.78, 5) is 14.7. The van der Waals surface area contributed by atoms with Gasteiger partial charge >= 0.3 is 6.09 Å². The molecule has 0 bridgehead atoms. The molecule has 0 spiro atoms. The molecule has 2 aromatic rings. The van der Waals surface area contributed by atoms with Crippen LogP contribution in [-0.2, 0) is 0 Å². The van der Waals surface area contributed by atoms with Crippen molar-refractivity contribution >= 4 is 51.2 Å². The Hall–Kier alpha value is -0.820. The first-order chi connectivity index (χ1) is 6.59. The van der Waals surface area contributed by atoms with Gasteiger partial charge in [0.25, 0.3) is 0 Å². The van der Waals surface area contributed by atoms with E-state index in [9.17, 15) is 4.79 Å². The fourth-order valence-corrected chi connectivity index (χ4v) is 2.21. The molecule has 72 valence electrons. The lowest BCUT2D eigenvalue weighted by molar-refractivity contribution is 0.197. The van der Waals surface area contributed by atoms with Crippen molar-refractivity contribution in [3.05, 3.63) is 27.2 Å². The third-order valence-electron chi connectivity index (χ3n) is 1.80. The molecule has 0 fully saturated rings. The summed E-state index contributed by atoms with van der Waals surface area (Å²) in [5.74, 6) is 0. The number of carbonyl (C=O) groups is 1. The van der Waals surface area contributed by atoms with Crippen LogP contribution in [0, 0.1) is 3.70 Å². The minimum atomic E-state index is -1.02. The van der Waals surface area contributed by atoms with Crippen LogP contribution in [0.15, 0.2) is 18.3 Å². The van der Waals surface area contributed by atoms with Gasteiger partial charge in [0, 0.05) is 5.39 Å². The first-order valence-corrected chi connectivity index (χ1v) is 5.11. The Morgan fingerprint density at radius 3 is 2.93 bits per heavy atom. The topological polar surface area (TPSA) is 55.1 Å². The van der Waals surface area contributed by atoms with E-state index in [1.807, 2.05) is 22.6 Å². The number of aromatic nitrogens is 2. The number of rotatable bonds is 0. The molecule has 2 rings (SSSR count). The smallest absolute Gasteiger partial charge is 0.416 e. The highest BCUT2D eigenvalue weighted by atomic mass is 127. The summed E-state index contributed by atoms with van der Waals surface area (Å²) in [7, 11) is 0. The van der Waals surface area contributed by atoms with Crippen LogP contribution in [0.4, 0.5) is 4.79 Å². The Kier molecular flexibility index (Phi) is 2.36. The van der Waals surface area contributed by atoms with Crippen LogP contribution >= 0.6 is 34.2 Å². The second-order valence-corrected chi connectivity index (χ2v) is 4.14. The summed E-state index contributed by atoms with van der Waals surface area (Å²) >= 11 is 7.64. The van der Waals surface area contributed by atoms with Crippen LogP contribution in [0.5, 0.6) is 0 Å². The predicted molar refractivity (Wildman–Crippen MR) is 60.9 cm³/mol. The zero-order valence-corrected chi connectivity index (χ0v) is 9.65. The third-order valence-corrected chi connectivity index (χ3v) is 2.80. The quantitative estimate of drug-likeness (QED) is 0.599. The number of pyridine rings is 1. The van der Waals surface area contributed by atoms with E-state index in [2.05, 4.69) is 4.98 Å². The molecule has 0 aliphatic rings. The molecule has 0 amide bonds. The van der Waals surface area contributed by atoms with Crippen LogP contribution in [0.25, 0.3) is 10.9 Å². The van der Waals surface area contributed by atoms with E-state index < -0.39 is 6.09 Å². The molecule has 0 aliphatic carbocycles. The zero-order valence-electron chi connectivity index (χ0n) is 6.74. The van der Waals surface area contributed by atoms with E-state index in [1.165, 1.54) is 10.8 Å². The lowest BCUT2D eigenvalue weighted by atomic mass is 10.3. The van der Waals surface area contributed by atoms with Gasteiger partial charge in [-0.25, -0.2) is 14.3 Å². The van der Waals surface area contributed by atoms with Crippen molar-refractivity contribution in [2.75, 3.05) is 0 Å². The first kappa shape index (κ1) is 9.72. The molecule has 6 heteroatoms. The number of fused-ring (bicyclic) bond motifs is 1. The Labute approximate surface area is 97.6 Å². The van der Waals surface area contributed by atoms with Gasteiger partial charge in [-0.1, -0.05) is 11.6 Å². The van der Waals surface area contributed by atoms with Crippen LogP contribution in [0.3, 0.4) is 0 Å². The van der Waals surface area contributed by atoms with Crippen molar-refractivity contribution < 1.29 is 9.90 Å². The average molecular weight is 322 g/mol. The van der Waals surface area contributed by atoms with Gasteiger partial charge in [0.15, 0.2) is 0 Å². The minimum Gasteiger partial charge on any atom is -0.464 e. The van der Waals surface area contributed by atoms with Crippen molar-refractivity contribution in [1.29, 1.82) is 0 Å². The number of carboxylic acid groups (broad SMARTS) is 1. The highest BCUT2D eigenvalue weighted by Gasteiger charge is 2.12. The van der Waals surface area contributed by atoms with Crippen molar-refractivity contribution in [2.24, 2.45) is 0 Å². The van der Waals surface area contributed by atoms with Gasteiger partial charge in [0.2, 0.25) is 0 Å². The van der Waals surface area contributed by atoms with Gasteiger partial charge in [-0.3, -0.25) is 0 Å². The first-order valence-electron chi connectivity index (χ1n) is 3.65. The third kappa shape index (κ3) is 1.46. The lowest BCUT2D eigenvalue weighted by Crippen LogP contribution is -2.09. The summed E-state index contributed by atoms with van der Waals surface area (Å²) in [6, 6.07) is 3.38. The van der Waals surface area contributed by atoms with Crippen molar-refractivity contribution in [2.45, 2.75) is 0 Å². The summed E-state index contributed by atoms with van der Waals surface area (Å²) in [5, 5.41) is 10.1. The molecular weight excluding hydrogens is 318 g/mol. The standard InChI is InChI=1S/C8H4ClIN2O2/c9-6-1-4-2-7(10)12(8(13)14)5(4)3-11-6/h1-3H,(H,13,14). The van der Waals surface area contributed by atoms with Gasteiger partial charge in [-0.05, 0) is 34.7 Å². The van der Waals surface area contributed by atoms with E-state index in [-0.39, 0.29) is 0 Å². The summed E-state index contributed by atoms with van der Waals surface area (Å²) in [5.41, 5.74) is 0.548. The Balaban J connectivity index is 2.84. The van der Waals surface area contributed by atoms with Crippen molar-refractivity contribution in [3.8, 4) is 0 Å². The fraction of sp³-hybridized carbons (Fsp3) is 0. The van der Waals surface area contributed by atoms with E-state index in [4.69, 9.17) is 16.7 Å². The normalized spacial score (nSPS) is 10.7. The molecule has 0 aromatic carbocycles. The fourth-order valence-electron chi connectivity index (χ4n) is 1.24. The van der Waals surface area contributed by atoms with Crippen LogP contribution < -0.4 is 0 Å². The highest BCUT2D eigenvalue weighted by Crippen LogP contribution is 2.22. The Bertz CT molecular complexity index is 523. The number of nitrogens with zero attached hydrogens (tertiary/aromatic N) is 2. The molecule has 0 atom stereocenters. The molecule has 4 nitrogen and oxygen atoms in total. The van der Waals surface area contributed by atoms with E-state index >= 15 is 0 Å². The average Bonchev–Trinajstić information content (AvgIpc) is 2.39. The van der Waals surface area contributed by atoms with Crippen molar-refractivity contribution in [3.63, 3.8) is 0 Å². The Morgan fingerprint density at radius 1 is 1.57 bits per heavy atom. The molecule has 0 saturated heterocycles.